The Morgan fingerprint density at radius 2 is 2.11 bits per heavy atom. The molecule has 0 saturated carbocycles. The first-order valence-electron chi connectivity index (χ1n) is 5.15. The second kappa shape index (κ2) is 7.18. The van der Waals surface area contributed by atoms with Crippen molar-refractivity contribution in [3.8, 4) is 5.75 Å². The molecular weight excluding hydrogens is 297 g/mol. The molecule has 6 nitrogen and oxygen atoms in total. The number of aliphatic carboxylic acids is 1. The number of ether oxygens (including phenoxy) is 1. The smallest absolute Gasteiger partial charge is 0.332 e. The second-order valence-corrected chi connectivity index (χ2v) is 4.33. The number of carboxylic acids is 1. The number of hydrogen-bond acceptors (Lipinski definition) is 4. The number of carbonyl (C=O) groups is 2. The molecule has 0 saturated heterocycles. The van der Waals surface area contributed by atoms with Crippen LogP contribution in [0.1, 0.15) is 6.92 Å². The molecule has 104 valence electrons. The Morgan fingerprint density at radius 3 is 2.68 bits per heavy atom. The lowest BCUT2D eigenvalue weighted by atomic mass is 10.3. The molecule has 0 aliphatic carbocycles. The standard InChI is InChI=1S/C11H11Cl2NO5/c1-6(11(17)14-18-5-10(15)16)19-9-3-2-7(12)4-8(9)13/h2-4,6H,5H2,1H3,(H,14,17)(H,15,16). The quantitative estimate of drug-likeness (QED) is 0.784. The third-order valence-corrected chi connectivity index (χ3v) is 2.47. The van der Waals surface area contributed by atoms with Crippen molar-refractivity contribution in [1.29, 1.82) is 0 Å². The van der Waals surface area contributed by atoms with Crippen LogP contribution in [-0.2, 0) is 14.4 Å². The van der Waals surface area contributed by atoms with E-state index in [2.05, 4.69) is 4.84 Å². The van der Waals surface area contributed by atoms with Gasteiger partial charge in [-0.25, -0.2) is 10.3 Å². The summed E-state index contributed by atoms with van der Waals surface area (Å²) in [5.74, 6) is -1.55. The summed E-state index contributed by atoms with van der Waals surface area (Å²) in [6.07, 6.45) is -0.910. The van der Waals surface area contributed by atoms with Crippen molar-refractivity contribution in [2.24, 2.45) is 0 Å². The van der Waals surface area contributed by atoms with Gasteiger partial charge in [0.2, 0.25) is 0 Å². The lowest BCUT2D eigenvalue weighted by Gasteiger charge is -2.15. The molecule has 0 aromatic heterocycles. The summed E-state index contributed by atoms with van der Waals surface area (Å²) in [4.78, 5) is 26.1. The van der Waals surface area contributed by atoms with E-state index in [0.717, 1.165) is 0 Å². The Kier molecular flexibility index (Phi) is 5.88. The van der Waals surface area contributed by atoms with E-state index in [9.17, 15) is 9.59 Å². The molecule has 0 fully saturated rings. The Bertz CT molecular complexity index is 480. The van der Waals surface area contributed by atoms with Crippen LogP contribution in [0.4, 0.5) is 0 Å². The SMILES string of the molecule is CC(Oc1ccc(Cl)cc1Cl)C(=O)NOCC(=O)O. The fourth-order valence-corrected chi connectivity index (χ4v) is 1.52. The minimum absolute atomic E-state index is 0.263. The Labute approximate surface area is 119 Å². The van der Waals surface area contributed by atoms with Gasteiger partial charge in [0, 0.05) is 5.02 Å². The van der Waals surface area contributed by atoms with Gasteiger partial charge in [-0.05, 0) is 25.1 Å². The average Bonchev–Trinajstić information content (AvgIpc) is 2.32. The van der Waals surface area contributed by atoms with E-state index in [1.165, 1.54) is 19.1 Å². The largest absolute Gasteiger partial charge is 0.479 e. The number of hydroxylamine groups is 1. The minimum atomic E-state index is -1.20. The van der Waals surface area contributed by atoms with Crippen molar-refractivity contribution in [2.45, 2.75) is 13.0 Å². The lowest BCUT2D eigenvalue weighted by molar-refractivity contribution is -0.151. The van der Waals surface area contributed by atoms with Crippen LogP contribution in [0.5, 0.6) is 5.75 Å². The highest BCUT2D eigenvalue weighted by Crippen LogP contribution is 2.28. The van der Waals surface area contributed by atoms with E-state index in [0.29, 0.717) is 5.02 Å². The normalized spacial score (nSPS) is 11.7. The summed E-state index contributed by atoms with van der Waals surface area (Å²) >= 11 is 11.6. The summed E-state index contributed by atoms with van der Waals surface area (Å²) in [7, 11) is 0. The second-order valence-electron chi connectivity index (χ2n) is 3.48. The maximum Gasteiger partial charge on any atom is 0.332 e. The van der Waals surface area contributed by atoms with Gasteiger partial charge in [-0.2, -0.15) is 0 Å². The van der Waals surface area contributed by atoms with Crippen LogP contribution in [0, 0.1) is 0 Å². The number of rotatable bonds is 6. The minimum Gasteiger partial charge on any atom is -0.479 e. The van der Waals surface area contributed by atoms with Gasteiger partial charge in [0.25, 0.3) is 5.91 Å². The third kappa shape index (κ3) is 5.34. The molecule has 0 bridgehead atoms. The van der Waals surface area contributed by atoms with Crippen LogP contribution >= 0.6 is 23.2 Å². The van der Waals surface area contributed by atoms with Crippen LogP contribution in [-0.4, -0.2) is 29.7 Å². The molecule has 0 aliphatic heterocycles. The number of carbonyl (C=O) groups excluding carboxylic acids is 1. The Hall–Kier alpha value is -1.50. The number of benzene rings is 1. The summed E-state index contributed by atoms with van der Waals surface area (Å²) in [6.45, 7) is 0.824. The van der Waals surface area contributed by atoms with Gasteiger partial charge in [-0.3, -0.25) is 9.63 Å². The van der Waals surface area contributed by atoms with Crippen LogP contribution in [0.2, 0.25) is 10.0 Å². The molecular formula is C11H11Cl2NO5. The van der Waals surface area contributed by atoms with E-state index in [4.69, 9.17) is 33.0 Å². The van der Waals surface area contributed by atoms with Gasteiger partial charge in [-0.1, -0.05) is 23.2 Å². The zero-order valence-corrected chi connectivity index (χ0v) is 11.4. The monoisotopic (exact) mass is 307 g/mol. The number of hydrogen-bond donors (Lipinski definition) is 2. The van der Waals surface area contributed by atoms with Crippen LogP contribution in [0.15, 0.2) is 18.2 Å². The van der Waals surface area contributed by atoms with Gasteiger partial charge in [0.1, 0.15) is 5.75 Å². The van der Waals surface area contributed by atoms with Gasteiger partial charge < -0.3 is 9.84 Å². The molecule has 1 rings (SSSR count). The molecule has 0 radical (unpaired) electrons. The molecule has 0 spiro atoms. The predicted octanol–water partition coefficient (Wildman–Crippen LogP) is 1.89. The van der Waals surface area contributed by atoms with E-state index < -0.39 is 24.6 Å². The zero-order chi connectivity index (χ0) is 14.4. The molecule has 1 atom stereocenters. The van der Waals surface area contributed by atoms with Crippen molar-refractivity contribution in [2.75, 3.05) is 6.61 Å². The zero-order valence-electron chi connectivity index (χ0n) is 9.85. The van der Waals surface area contributed by atoms with Gasteiger partial charge >= 0.3 is 5.97 Å². The predicted molar refractivity (Wildman–Crippen MR) is 68.3 cm³/mol. The Balaban J connectivity index is 2.51. The van der Waals surface area contributed by atoms with Crippen LogP contribution < -0.4 is 10.2 Å². The molecule has 2 N–H and O–H groups in total. The van der Waals surface area contributed by atoms with Crippen molar-refractivity contribution >= 4 is 35.1 Å². The number of nitrogens with one attached hydrogen (secondary N) is 1. The molecule has 1 amide bonds. The van der Waals surface area contributed by atoms with Crippen molar-refractivity contribution < 1.29 is 24.3 Å². The first-order chi connectivity index (χ1) is 8.90. The van der Waals surface area contributed by atoms with Gasteiger partial charge in [-0.15, -0.1) is 0 Å². The molecule has 0 aliphatic rings. The highest BCUT2D eigenvalue weighted by atomic mass is 35.5. The van der Waals surface area contributed by atoms with Crippen molar-refractivity contribution in [1.82, 2.24) is 5.48 Å². The summed E-state index contributed by atoms with van der Waals surface area (Å²) in [5.41, 5.74) is 1.95. The Morgan fingerprint density at radius 1 is 1.42 bits per heavy atom. The molecule has 8 heteroatoms. The van der Waals surface area contributed by atoms with E-state index in [1.54, 1.807) is 6.07 Å². The van der Waals surface area contributed by atoms with Crippen molar-refractivity contribution in [3.05, 3.63) is 28.2 Å². The number of halogens is 2. The van der Waals surface area contributed by atoms with Crippen LogP contribution in [0.25, 0.3) is 0 Å². The van der Waals surface area contributed by atoms with E-state index in [1.807, 2.05) is 5.48 Å². The first kappa shape index (κ1) is 15.6. The molecule has 1 aromatic carbocycles. The summed E-state index contributed by atoms with van der Waals surface area (Å²) in [5, 5.41) is 9.03. The average molecular weight is 308 g/mol. The maximum atomic E-state index is 11.5. The third-order valence-electron chi connectivity index (χ3n) is 1.94. The summed E-state index contributed by atoms with van der Waals surface area (Å²) < 4.78 is 5.29. The first-order valence-corrected chi connectivity index (χ1v) is 5.91. The number of amides is 1. The maximum absolute atomic E-state index is 11.5. The molecule has 1 aromatic rings. The van der Waals surface area contributed by atoms with Crippen LogP contribution in [0.3, 0.4) is 0 Å². The van der Waals surface area contributed by atoms with Gasteiger partial charge in [0.15, 0.2) is 12.7 Å². The van der Waals surface area contributed by atoms with Crippen molar-refractivity contribution in [3.63, 3.8) is 0 Å². The summed E-state index contributed by atoms with van der Waals surface area (Å²) in [6, 6.07) is 4.56. The number of carboxylic acid groups (broad SMARTS) is 1. The molecule has 1 unspecified atom stereocenters. The fraction of sp³-hybridized carbons (Fsp3) is 0.273. The van der Waals surface area contributed by atoms with Gasteiger partial charge in [0.05, 0.1) is 5.02 Å². The van der Waals surface area contributed by atoms with E-state index >= 15 is 0 Å². The van der Waals surface area contributed by atoms with E-state index in [-0.39, 0.29) is 10.8 Å². The lowest BCUT2D eigenvalue weighted by Crippen LogP contribution is -2.37. The topological polar surface area (TPSA) is 84.9 Å². The highest BCUT2D eigenvalue weighted by Gasteiger charge is 2.16. The molecule has 19 heavy (non-hydrogen) atoms. The molecule has 0 heterocycles. The highest BCUT2D eigenvalue weighted by molar-refractivity contribution is 6.35. The fourth-order valence-electron chi connectivity index (χ4n) is 1.07.